The van der Waals surface area contributed by atoms with E-state index in [0.29, 0.717) is 11.2 Å². The first-order chi connectivity index (χ1) is 15.7. The van der Waals surface area contributed by atoms with Crippen molar-refractivity contribution in [1.82, 2.24) is 19.5 Å². The molecular formula is C25H19N5O2. The number of carbonyl (C=O) groups is 1. The van der Waals surface area contributed by atoms with Gasteiger partial charge >= 0.3 is 6.09 Å². The average Bonchev–Trinajstić information content (AvgIpc) is 3.25. The third kappa shape index (κ3) is 3.16. The van der Waals surface area contributed by atoms with Crippen molar-refractivity contribution in [2.75, 3.05) is 5.32 Å². The van der Waals surface area contributed by atoms with Crippen molar-refractivity contribution in [3.05, 3.63) is 120 Å². The molecule has 7 heteroatoms. The molecule has 0 saturated carbocycles. The molecule has 5 rings (SSSR count). The minimum absolute atomic E-state index is 0.00478. The highest BCUT2D eigenvalue weighted by Crippen LogP contribution is 2.42. The van der Waals surface area contributed by atoms with Gasteiger partial charge in [0, 0.05) is 0 Å². The zero-order valence-electron chi connectivity index (χ0n) is 17.0. The molecule has 2 aromatic heterocycles. The molecule has 0 aliphatic rings. The minimum Gasteiger partial charge on any atom is -0.465 e. The zero-order valence-corrected chi connectivity index (χ0v) is 17.0. The average molecular weight is 421 g/mol. The fourth-order valence-corrected chi connectivity index (χ4v) is 4.17. The predicted octanol–water partition coefficient (Wildman–Crippen LogP) is 4.76. The number of nitrogens with zero attached hydrogens (tertiary/aromatic N) is 4. The molecule has 0 atom stereocenters. The van der Waals surface area contributed by atoms with Crippen molar-refractivity contribution in [2.24, 2.45) is 0 Å². The number of amides is 1. The van der Waals surface area contributed by atoms with E-state index in [4.69, 9.17) is 5.11 Å². The molecule has 0 aliphatic carbocycles. The summed E-state index contributed by atoms with van der Waals surface area (Å²) in [4.78, 5) is 24.3. The van der Waals surface area contributed by atoms with Gasteiger partial charge in [-0.15, -0.1) is 0 Å². The lowest BCUT2D eigenvalue weighted by atomic mass is 9.76. The molecule has 0 aliphatic heterocycles. The third-order valence-electron chi connectivity index (χ3n) is 5.45. The summed E-state index contributed by atoms with van der Waals surface area (Å²) >= 11 is 0. The molecule has 2 heterocycles. The van der Waals surface area contributed by atoms with Crippen LogP contribution in [-0.2, 0) is 5.54 Å². The van der Waals surface area contributed by atoms with E-state index in [1.165, 1.54) is 6.20 Å². The monoisotopic (exact) mass is 421 g/mol. The van der Waals surface area contributed by atoms with Gasteiger partial charge in [-0.1, -0.05) is 91.0 Å². The van der Waals surface area contributed by atoms with E-state index in [1.807, 2.05) is 59.2 Å². The molecule has 0 bridgehead atoms. The summed E-state index contributed by atoms with van der Waals surface area (Å²) in [7, 11) is 0. The molecule has 1 amide bonds. The summed E-state index contributed by atoms with van der Waals surface area (Å²) in [6, 6.07) is 30.4. The maximum absolute atomic E-state index is 11.2. The fraction of sp³-hybridized carbons (Fsp3) is 0.0400. The van der Waals surface area contributed by atoms with Crippen molar-refractivity contribution in [3.8, 4) is 0 Å². The topological polar surface area (TPSA) is 92.9 Å². The largest absolute Gasteiger partial charge is 0.465 e. The van der Waals surface area contributed by atoms with Crippen molar-refractivity contribution in [2.45, 2.75) is 5.54 Å². The van der Waals surface area contributed by atoms with Crippen molar-refractivity contribution < 1.29 is 9.90 Å². The van der Waals surface area contributed by atoms with E-state index in [0.717, 1.165) is 16.7 Å². The van der Waals surface area contributed by atoms with Gasteiger partial charge in [-0.2, -0.15) is 4.98 Å². The summed E-state index contributed by atoms with van der Waals surface area (Å²) in [5, 5.41) is 11.4. The molecule has 0 saturated heterocycles. The number of aromatic nitrogens is 4. The Labute approximate surface area is 184 Å². The Morgan fingerprint density at radius 1 is 0.781 bits per heavy atom. The van der Waals surface area contributed by atoms with Crippen LogP contribution in [0.15, 0.2) is 104 Å². The second-order valence-corrected chi connectivity index (χ2v) is 7.26. The van der Waals surface area contributed by atoms with Crippen LogP contribution in [0.3, 0.4) is 0 Å². The van der Waals surface area contributed by atoms with Crippen LogP contribution in [-0.4, -0.2) is 30.7 Å². The number of carboxylic acid groups (broad SMARTS) is 1. The van der Waals surface area contributed by atoms with Crippen LogP contribution in [0, 0.1) is 0 Å². The van der Waals surface area contributed by atoms with Gasteiger partial charge in [-0.05, 0) is 16.7 Å². The Morgan fingerprint density at radius 3 is 1.75 bits per heavy atom. The molecule has 0 fully saturated rings. The Bertz CT molecular complexity index is 1270. The molecule has 7 nitrogen and oxygen atoms in total. The number of hydrogen-bond acceptors (Lipinski definition) is 4. The van der Waals surface area contributed by atoms with Gasteiger partial charge in [0.15, 0.2) is 5.65 Å². The third-order valence-corrected chi connectivity index (χ3v) is 5.45. The van der Waals surface area contributed by atoms with E-state index in [9.17, 15) is 4.79 Å². The van der Waals surface area contributed by atoms with Gasteiger partial charge in [0.05, 0.1) is 12.5 Å². The standard InChI is InChI=1S/C25H19N5O2/c31-24(32)29-23-26-16-21-22(28-23)30(17-27-21)25(18-10-4-1-5-11-18,19-12-6-2-7-13-19)20-14-8-3-9-15-20/h1-17H,(H,31,32)(H,26,28,29). The summed E-state index contributed by atoms with van der Waals surface area (Å²) in [5.74, 6) is -0.00478. The lowest BCUT2D eigenvalue weighted by Crippen LogP contribution is -2.37. The first kappa shape index (κ1) is 19.4. The number of fused-ring (bicyclic) bond motifs is 1. The van der Waals surface area contributed by atoms with Gasteiger partial charge < -0.3 is 5.11 Å². The van der Waals surface area contributed by atoms with Gasteiger partial charge in [0.1, 0.15) is 11.1 Å². The van der Waals surface area contributed by atoms with Crippen LogP contribution in [0.1, 0.15) is 16.7 Å². The summed E-state index contributed by atoms with van der Waals surface area (Å²) in [6.45, 7) is 0. The highest BCUT2D eigenvalue weighted by Gasteiger charge is 2.39. The summed E-state index contributed by atoms with van der Waals surface area (Å²) in [5.41, 5.74) is 3.33. The van der Waals surface area contributed by atoms with E-state index < -0.39 is 11.6 Å². The molecule has 156 valence electrons. The van der Waals surface area contributed by atoms with Crippen molar-refractivity contribution in [1.29, 1.82) is 0 Å². The highest BCUT2D eigenvalue weighted by molar-refractivity contribution is 5.82. The van der Waals surface area contributed by atoms with E-state index in [-0.39, 0.29) is 5.95 Å². The van der Waals surface area contributed by atoms with E-state index in [2.05, 4.69) is 56.7 Å². The molecule has 3 aromatic carbocycles. The van der Waals surface area contributed by atoms with Crippen molar-refractivity contribution in [3.63, 3.8) is 0 Å². The normalized spacial score (nSPS) is 11.4. The van der Waals surface area contributed by atoms with Crippen LogP contribution in [0.25, 0.3) is 11.2 Å². The van der Waals surface area contributed by atoms with E-state index in [1.54, 1.807) is 6.33 Å². The molecule has 32 heavy (non-hydrogen) atoms. The van der Waals surface area contributed by atoms with Crippen LogP contribution in [0.5, 0.6) is 0 Å². The van der Waals surface area contributed by atoms with Crippen LogP contribution in [0.4, 0.5) is 10.7 Å². The number of anilines is 1. The van der Waals surface area contributed by atoms with Crippen LogP contribution >= 0.6 is 0 Å². The highest BCUT2D eigenvalue weighted by atomic mass is 16.4. The maximum atomic E-state index is 11.2. The SMILES string of the molecule is O=C(O)Nc1ncc2ncn(C(c3ccccc3)(c3ccccc3)c3ccccc3)c2n1. The molecule has 0 unspecified atom stereocenters. The molecule has 0 spiro atoms. The smallest absolute Gasteiger partial charge is 0.411 e. The fourth-order valence-electron chi connectivity index (χ4n) is 4.17. The number of nitrogens with one attached hydrogen (secondary N) is 1. The quantitative estimate of drug-likeness (QED) is 0.399. The predicted molar refractivity (Wildman–Crippen MR) is 122 cm³/mol. The van der Waals surface area contributed by atoms with Gasteiger partial charge in [-0.3, -0.25) is 9.88 Å². The number of imidazole rings is 1. The van der Waals surface area contributed by atoms with Gasteiger partial charge in [0.25, 0.3) is 0 Å². The molecule has 0 radical (unpaired) electrons. The van der Waals surface area contributed by atoms with Gasteiger partial charge in [0.2, 0.25) is 5.95 Å². The Kier molecular flexibility index (Phi) is 4.84. The lowest BCUT2D eigenvalue weighted by Gasteiger charge is -2.37. The Morgan fingerprint density at radius 2 is 1.28 bits per heavy atom. The Hall–Kier alpha value is -4.52. The van der Waals surface area contributed by atoms with Gasteiger partial charge in [-0.25, -0.2) is 14.8 Å². The molecule has 5 aromatic rings. The maximum Gasteiger partial charge on any atom is 0.411 e. The first-order valence-electron chi connectivity index (χ1n) is 10.1. The number of benzene rings is 3. The van der Waals surface area contributed by atoms with Crippen LogP contribution in [0.2, 0.25) is 0 Å². The summed E-state index contributed by atoms with van der Waals surface area (Å²) < 4.78 is 1.98. The molecule has 2 N–H and O–H groups in total. The second kappa shape index (κ2) is 7.96. The molecular weight excluding hydrogens is 402 g/mol. The zero-order chi connectivity index (χ0) is 22.0. The van der Waals surface area contributed by atoms with E-state index >= 15 is 0 Å². The second-order valence-electron chi connectivity index (χ2n) is 7.26. The summed E-state index contributed by atoms with van der Waals surface area (Å²) in [6.07, 6.45) is 2.03. The van der Waals surface area contributed by atoms with Crippen molar-refractivity contribution >= 4 is 23.2 Å². The lowest BCUT2D eigenvalue weighted by molar-refractivity contribution is 0.209. The van der Waals surface area contributed by atoms with Crippen LogP contribution < -0.4 is 5.32 Å². The number of hydrogen-bond donors (Lipinski definition) is 2. The number of rotatable bonds is 5. The Balaban J connectivity index is 1.90. The minimum atomic E-state index is -1.23. The first-order valence-corrected chi connectivity index (χ1v) is 10.1.